The second-order valence-electron chi connectivity index (χ2n) is 13.2. The number of hydrogen-bond acceptors (Lipinski definition) is 6. The van der Waals surface area contributed by atoms with Crippen molar-refractivity contribution in [1.82, 2.24) is 14.4 Å². The molecule has 0 radical (unpaired) electrons. The van der Waals surface area contributed by atoms with Gasteiger partial charge in [-0.2, -0.15) is 5.26 Å². The van der Waals surface area contributed by atoms with Crippen LogP contribution in [-0.2, 0) is 24.8 Å². The number of ether oxygens (including phenoxy) is 1. The van der Waals surface area contributed by atoms with E-state index in [-0.39, 0.29) is 41.4 Å². The zero-order valence-electron chi connectivity index (χ0n) is 29.3. The molecule has 0 unspecified atom stereocenters. The number of hydrogen-bond donors (Lipinski definition) is 1. The van der Waals surface area contributed by atoms with Crippen molar-refractivity contribution >= 4 is 47.2 Å². The third-order valence-electron chi connectivity index (χ3n) is 10.1. The standard InChI is InChI=1S/C41H37ClFN5O4.ClH/c1-26-36(41(51)48(31-8-11-34(49)12-9-31)32-10-14-38(43)29(20-32)23-44)22-39(45(26)2)37-21-30(42)7-13-35(37)40(50)47-24-28-6-4-3-5-27(28)19-33(47)25-46-15-17-52-18-16-46;/h3-14,20-22,33,49H,15-19,24-25H2,1-2H3;1H/t33-;/m0./s1. The lowest BCUT2D eigenvalue weighted by molar-refractivity contribution is 0.0193. The number of nitriles is 1. The molecule has 12 heteroatoms. The Hall–Kier alpha value is -5.18. The summed E-state index contributed by atoms with van der Waals surface area (Å²) in [4.78, 5) is 35.0. The van der Waals surface area contributed by atoms with Crippen molar-refractivity contribution in [3.63, 3.8) is 0 Å². The van der Waals surface area contributed by atoms with Gasteiger partial charge in [0.25, 0.3) is 11.8 Å². The smallest absolute Gasteiger partial charge is 0.264 e. The van der Waals surface area contributed by atoms with Gasteiger partial charge < -0.3 is 19.3 Å². The summed E-state index contributed by atoms with van der Waals surface area (Å²) < 4.78 is 21.8. The zero-order chi connectivity index (χ0) is 36.5. The first-order valence-electron chi connectivity index (χ1n) is 17.1. The number of phenolic OH excluding ortho intramolecular Hbond substituents is 1. The Morgan fingerprint density at radius 2 is 1.66 bits per heavy atom. The van der Waals surface area contributed by atoms with E-state index in [9.17, 15) is 24.3 Å². The highest BCUT2D eigenvalue weighted by atomic mass is 35.5. The normalized spacial score (nSPS) is 15.6. The summed E-state index contributed by atoms with van der Waals surface area (Å²) >= 11 is 6.60. The summed E-state index contributed by atoms with van der Waals surface area (Å²) in [5, 5.41) is 20.0. The van der Waals surface area contributed by atoms with Gasteiger partial charge in [0.2, 0.25) is 0 Å². The highest BCUT2D eigenvalue weighted by Crippen LogP contribution is 2.36. The van der Waals surface area contributed by atoms with E-state index in [1.165, 1.54) is 34.7 Å². The van der Waals surface area contributed by atoms with E-state index in [1.807, 2.05) is 41.6 Å². The Morgan fingerprint density at radius 3 is 2.38 bits per heavy atom. The minimum absolute atomic E-state index is 0. The van der Waals surface area contributed by atoms with Crippen LogP contribution in [0.25, 0.3) is 11.3 Å². The number of halogens is 3. The molecule has 2 amide bonds. The SMILES string of the molecule is Cc1c(C(=O)N(c2ccc(O)cc2)c2ccc(F)c(C#N)c2)cc(-c2cc(Cl)ccc2C(=O)N2Cc3ccccc3C[C@H]2CN2CCOCC2)n1C.Cl. The number of amides is 2. The third-order valence-corrected chi connectivity index (χ3v) is 10.3. The first kappa shape index (κ1) is 37.6. The number of nitrogens with zero attached hydrogens (tertiary/aromatic N) is 5. The number of carbonyl (C=O) groups excluding carboxylic acids is 2. The van der Waals surface area contributed by atoms with E-state index in [1.54, 1.807) is 36.4 Å². The van der Waals surface area contributed by atoms with Crippen LogP contribution >= 0.6 is 24.0 Å². The topological polar surface area (TPSA) is 102 Å². The Bertz CT molecular complexity index is 2210. The molecular weight excluding hydrogens is 716 g/mol. The van der Waals surface area contributed by atoms with Gasteiger partial charge in [0.1, 0.15) is 17.6 Å². The maximum Gasteiger partial charge on any atom is 0.264 e. The number of morpholine rings is 1. The summed E-state index contributed by atoms with van der Waals surface area (Å²) in [5.74, 6) is -1.28. The van der Waals surface area contributed by atoms with Gasteiger partial charge in [-0.25, -0.2) is 4.39 Å². The number of phenols is 1. The second-order valence-corrected chi connectivity index (χ2v) is 13.6. The molecule has 0 aliphatic carbocycles. The highest BCUT2D eigenvalue weighted by molar-refractivity contribution is 6.31. The van der Waals surface area contributed by atoms with Crippen LogP contribution in [0.2, 0.25) is 5.02 Å². The molecule has 2 aliphatic heterocycles. The first-order valence-corrected chi connectivity index (χ1v) is 17.5. The largest absolute Gasteiger partial charge is 0.508 e. The van der Waals surface area contributed by atoms with Gasteiger partial charge >= 0.3 is 0 Å². The molecule has 53 heavy (non-hydrogen) atoms. The Morgan fingerprint density at radius 1 is 0.962 bits per heavy atom. The second kappa shape index (κ2) is 15.8. The number of carbonyl (C=O) groups is 2. The van der Waals surface area contributed by atoms with Crippen LogP contribution in [-0.4, -0.2) is 70.2 Å². The van der Waals surface area contributed by atoms with Gasteiger partial charge in [0.05, 0.1) is 30.0 Å². The summed E-state index contributed by atoms with van der Waals surface area (Å²) in [5.41, 5.74) is 5.40. The van der Waals surface area contributed by atoms with Gasteiger partial charge in [-0.05, 0) is 91.2 Å². The van der Waals surface area contributed by atoms with Crippen molar-refractivity contribution in [1.29, 1.82) is 5.26 Å². The molecule has 0 spiro atoms. The fourth-order valence-corrected chi connectivity index (χ4v) is 7.33. The number of rotatable bonds is 7. The minimum atomic E-state index is -0.704. The van der Waals surface area contributed by atoms with Crippen molar-refractivity contribution in [3.8, 4) is 23.1 Å². The van der Waals surface area contributed by atoms with Crippen LogP contribution in [0.4, 0.5) is 15.8 Å². The number of aromatic nitrogens is 1. The molecule has 4 aromatic carbocycles. The van der Waals surface area contributed by atoms with Crippen molar-refractivity contribution in [2.24, 2.45) is 7.05 Å². The third kappa shape index (κ3) is 7.52. The quantitative estimate of drug-likeness (QED) is 0.183. The molecule has 5 aromatic rings. The van der Waals surface area contributed by atoms with Crippen LogP contribution in [0.5, 0.6) is 5.75 Å². The number of fused-ring (bicyclic) bond motifs is 1. The molecule has 0 saturated carbocycles. The van der Waals surface area contributed by atoms with Gasteiger partial charge in [-0.15, -0.1) is 12.4 Å². The summed E-state index contributed by atoms with van der Waals surface area (Å²) in [6.45, 7) is 5.94. The molecule has 3 heterocycles. The van der Waals surface area contributed by atoms with Crippen molar-refractivity contribution in [2.45, 2.75) is 25.9 Å². The maximum atomic E-state index is 14.8. The van der Waals surface area contributed by atoms with Crippen LogP contribution < -0.4 is 4.90 Å². The minimum Gasteiger partial charge on any atom is -0.508 e. The summed E-state index contributed by atoms with van der Waals surface area (Å²) in [6, 6.07) is 26.9. The molecule has 9 nitrogen and oxygen atoms in total. The lowest BCUT2D eigenvalue weighted by Gasteiger charge is -2.40. The first-order chi connectivity index (χ1) is 25.1. The predicted octanol–water partition coefficient (Wildman–Crippen LogP) is 7.67. The van der Waals surface area contributed by atoms with Crippen molar-refractivity contribution in [3.05, 3.63) is 135 Å². The number of benzene rings is 4. The molecule has 1 N–H and O–H groups in total. The van der Waals surface area contributed by atoms with Gasteiger partial charge in [-0.1, -0.05) is 35.9 Å². The predicted molar refractivity (Wildman–Crippen MR) is 205 cm³/mol. The summed E-state index contributed by atoms with van der Waals surface area (Å²) in [6.07, 6.45) is 0.730. The molecule has 0 bridgehead atoms. The Balaban J connectivity index is 0.00000481. The Kier molecular flexibility index (Phi) is 11.2. The van der Waals surface area contributed by atoms with E-state index in [4.69, 9.17) is 16.3 Å². The average molecular weight is 755 g/mol. The zero-order valence-corrected chi connectivity index (χ0v) is 30.8. The molecule has 1 saturated heterocycles. The van der Waals surface area contributed by atoms with Crippen LogP contribution in [0.1, 0.15) is 43.1 Å². The average Bonchev–Trinajstić information content (AvgIpc) is 3.46. The molecule has 7 rings (SSSR count). The van der Waals surface area contributed by atoms with Crippen LogP contribution in [0.3, 0.4) is 0 Å². The molecule has 1 atom stereocenters. The summed E-state index contributed by atoms with van der Waals surface area (Å²) in [7, 11) is 1.82. The van der Waals surface area contributed by atoms with E-state index in [2.05, 4.69) is 17.0 Å². The fourth-order valence-electron chi connectivity index (χ4n) is 7.16. The molecular formula is C41H38Cl2FN5O4. The number of aromatic hydroxyl groups is 1. The van der Waals surface area contributed by atoms with Gasteiger partial charge in [0, 0.05) is 72.5 Å². The van der Waals surface area contributed by atoms with E-state index in [0.29, 0.717) is 58.5 Å². The van der Waals surface area contributed by atoms with Crippen molar-refractivity contribution < 1.29 is 23.8 Å². The molecule has 1 aromatic heterocycles. The maximum absolute atomic E-state index is 14.8. The van der Waals surface area contributed by atoms with E-state index < -0.39 is 11.7 Å². The molecule has 272 valence electrons. The lowest BCUT2D eigenvalue weighted by Crippen LogP contribution is -2.52. The molecule has 1 fully saturated rings. The van der Waals surface area contributed by atoms with E-state index >= 15 is 0 Å². The van der Waals surface area contributed by atoms with Crippen molar-refractivity contribution in [2.75, 3.05) is 37.7 Å². The van der Waals surface area contributed by atoms with E-state index in [0.717, 1.165) is 37.7 Å². The molecule has 2 aliphatic rings. The van der Waals surface area contributed by atoms with Crippen LogP contribution in [0.15, 0.2) is 91.0 Å². The van der Waals surface area contributed by atoms with Gasteiger partial charge in [-0.3, -0.25) is 19.4 Å². The Labute approximate surface area is 318 Å². The lowest BCUT2D eigenvalue weighted by atomic mass is 9.92. The monoisotopic (exact) mass is 753 g/mol. The van der Waals surface area contributed by atoms with Crippen LogP contribution in [0, 0.1) is 24.1 Å². The fraction of sp³-hybridized carbons (Fsp3) is 0.244. The number of anilines is 2. The van der Waals surface area contributed by atoms with Gasteiger partial charge in [0.15, 0.2) is 0 Å². The highest BCUT2D eigenvalue weighted by Gasteiger charge is 2.34.